The van der Waals surface area contributed by atoms with Gasteiger partial charge in [0.2, 0.25) is 0 Å². The Hall–Kier alpha value is -1.16. The van der Waals surface area contributed by atoms with Crippen LogP contribution in [0.1, 0.15) is 31.0 Å². The van der Waals surface area contributed by atoms with E-state index < -0.39 is 0 Å². The highest BCUT2D eigenvalue weighted by Crippen LogP contribution is 2.18. The largest absolute Gasteiger partial charge is 0.236 e. The zero-order chi connectivity index (χ0) is 11.7. The Bertz CT molecular complexity index is 503. The highest BCUT2D eigenvalue weighted by Gasteiger charge is 2.07. The van der Waals surface area contributed by atoms with Gasteiger partial charge < -0.3 is 0 Å². The smallest absolute Gasteiger partial charge is 0.156 e. The summed E-state index contributed by atoms with van der Waals surface area (Å²) in [5.74, 6) is 1.33. The predicted octanol–water partition coefficient (Wildman–Crippen LogP) is 3.46. The molecule has 2 aromatic heterocycles. The Morgan fingerprint density at radius 1 is 1.38 bits per heavy atom. The van der Waals surface area contributed by atoms with Gasteiger partial charge in [0, 0.05) is 16.9 Å². The van der Waals surface area contributed by atoms with Crippen LogP contribution in [-0.4, -0.2) is 14.8 Å². The van der Waals surface area contributed by atoms with Crippen molar-refractivity contribution in [2.75, 3.05) is 0 Å². The van der Waals surface area contributed by atoms with Gasteiger partial charge in [-0.25, -0.2) is 9.67 Å². The normalized spacial score (nSPS) is 11.1. The summed E-state index contributed by atoms with van der Waals surface area (Å²) in [6.45, 7) is 6.30. The topological polar surface area (TPSA) is 30.7 Å². The lowest BCUT2D eigenvalue weighted by Gasteiger charge is -2.05. The lowest BCUT2D eigenvalue weighted by atomic mass is 10.1. The SMILES string of the molecule is Cc1cc(Br)cnc1-n1ccc(C(C)C)n1. The van der Waals surface area contributed by atoms with Crippen LogP contribution in [0.15, 0.2) is 29.0 Å². The summed E-state index contributed by atoms with van der Waals surface area (Å²) in [7, 11) is 0. The van der Waals surface area contributed by atoms with Gasteiger partial charge in [-0.05, 0) is 46.5 Å². The standard InChI is InChI=1S/C12H14BrN3/c1-8(2)11-4-5-16(15-11)12-9(3)6-10(13)7-14-12/h4-8H,1-3H3. The molecule has 0 N–H and O–H groups in total. The molecule has 0 saturated carbocycles. The molecule has 0 aromatic carbocycles. The number of rotatable bonds is 2. The van der Waals surface area contributed by atoms with E-state index >= 15 is 0 Å². The molecule has 0 saturated heterocycles. The Balaban J connectivity index is 2.42. The molecule has 2 heterocycles. The fourth-order valence-corrected chi connectivity index (χ4v) is 1.98. The van der Waals surface area contributed by atoms with Gasteiger partial charge in [0.15, 0.2) is 5.82 Å². The lowest BCUT2D eigenvalue weighted by Crippen LogP contribution is -2.02. The maximum atomic E-state index is 4.51. The molecule has 16 heavy (non-hydrogen) atoms. The molecule has 0 amide bonds. The Kier molecular flexibility index (Phi) is 3.10. The maximum absolute atomic E-state index is 4.51. The summed E-state index contributed by atoms with van der Waals surface area (Å²) in [5, 5.41) is 4.51. The Morgan fingerprint density at radius 3 is 2.69 bits per heavy atom. The first-order chi connectivity index (χ1) is 7.58. The third-order valence-corrected chi connectivity index (χ3v) is 2.87. The van der Waals surface area contributed by atoms with Crippen LogP contribution >= 0.6 is 15.9 Å². The van der Waals surface area contributed by atoms with E-state index in [-0.39, 0.29) is 0 Å². The van der Waals surface area contributed by atoms with Crippen LogP contribution in [0.2, 0.25) is 0 Å². The van der Waals surface area contributed by atoms with Crippen LogP contribution in [0.4, 0.5) is 0 Å². The molecule has 3 nitrogen and oxygen atoms in total. The molecule has 2 rings (SSSR count). The van der Waals surface area contributed by atoms with Crippen molar-refractivity contribution in [1.82, 2.24) is 14.8 Å². The number of aromatic nitrogens is 3. The van der Waals surface area contributed by atoms with E-state index in [1.54, 1.807) is 6.20 Å². The fourth-order valence-electron chi connectivity index (χ4n) is 1.54. The first kappa shape index (κ1) is 11.3. The second-order valence-corrected chi connectivity index (χ2v) is 5.05. The van der Waals surface area contributed by atoms with Gasteiger partial charge in [-0.3, -0.25) is 0 Å². The number of hydrogen-bond acceptors (Lipinski definition) is 2. The van der Waals surface area contributed by atoms with Crippen molar-refractivity contribution in [3.8, 4) is 5.82 Å². The molecular formula is C12H14BrN3. The van der Waals surface area contributed by atoms with Crippen LogP contribution in [0.5, 0.6) is 0 Å². The van der Waals surface area contributed by atoms with Crippen LogP contribution in [0, 0.1) is 6.92 Å². The molecule has 0 aliphatic rings. The van der Waals surface area contributed by atoms with Gasteiger partial charge in [0.05, 0.1) is 5.69 Å². The van der Waals surface area contributed by atoms with E-state index in [0.29, 0.717) is 5.92 Å². The zero-order valence-corrected chi connectivity index (χ0v) is 11.2. The van der Waals surface area contributed by atoms with Crippen LogP contribution in [0.25, 0.3) is 5.82 Å². The quantitative estimate of drug-likeness (QED) is 0.843. The molecule has 0 atom stereocenters. The van der Waals surface area contributed by atoms with Crippen molar-refractivity contribution in [3.05, 3.63) is 40.3 Å². The minimum absolute atomic E-state index is 0.442. The van der Waals surface area contributed by atoms with Gasteiger partial charge in [-0.15, -0.1) is 0 Å². The van der Waals surface area contributed by atoms with Gasteiger partial charge in [-0.1, -0.05) is 13.8 Å². The van der Waals surface area contributed by atoms with Gasteiger partial charge in [0.1, 0.15) is 0 Å². The number of hydrogen-bond donors (Lipinski definition) is 0. The molecule has 0 fully saturated rings. The summed E-state index contributed by atoms with van der Waals surface area (Å²) in [6, 6.07) is 4.08. The van der Waals surface area contributed by atoms with Gasteiger partial charge >= 0.3 is 0 Å². The van der Waals surface area contributed by atoms with E-state index in [9.17, 15) is 0 Å². The molecule has 0 aliphatic carbocycles. The van der Waals surface area contributed by atoms with Crippen LogP contribution in [0.3, 0.4) is 0 Å². The van der Waals surface area contributed by atoms with Crippen LogP contribution in [-0.2, 0) is 0 Å². The molecule has 2 aromatic rings. The van der Waals surface area contributed by atoms with E-state index in [1.165, 1.54) is 0 Å². The van der Waals surface area contributed by atoms with E-state index in [0.717, 1.165) is 21.5 Å². The maximum Gasteiger partial charge on any atom is 0.156 e. The van der Waals surface area contributed by atoms with Crippen LogP contribution < -0.4 is 0 Å². The Morgan fingerprint density at radius 2 is 2.12 bits per heavy atom. The molecule has 0 aliphatic heterocycles. The number of pyridine rings is 1. The third-order valence-electron chi connectivity index (χ3n) is 2.44. The number of nitrogens with zero attached hydrogens (tertiary/aromatic N) is 3. The zero-order valence-electron chi connectivity index (χ0n) is 9.61. The van der Waals surface area contributed by atoms with Crippen molar-refractivity contribution in [2.45, 2.75) is 26.7 Å². The van der Waals surface area contributed by atoms with Gasteiger partial charge in [-0.2, -0.15) is 5.10 Å². The third kappa shape index (κ3) is 2.16. The summed E-state index contributed by atoms with van der Waals surface area (Å²) in [5.41, 5.74) is 2.19. The van der Waals surface area contributed by atoms with E-state index in [1.807, 2.05) is 29.9 Å². The van der Waals surface area contributed by atoms with Crippen molar-refractivity contribution < 1.29 is 0 Å². The fraction of sp³-hybridized carbons (Fsp3) is 0.333. The average molecular weight is 280 g/mol. The summed E-state index contributed by atoms with van der Waals surface area (Å²) >= 11 is 3.41. The molecule has 0 spiro atoms. The second-order valence-electron chi connectivity index (χ2n) is 4.13. The van der Waals surface area contributed by atoms with Crippen molar-refractivity contribution in [2.24, 2.45) is 0 Å². The number of aryl methyl sites for hydroxylation is 1. The summed E-state index contributed by atoms with van der Waals surface area (Å²) < 4.78 is 2.82. The summed E-state index contributed by atoms with van der Waals surface area (Å²) in [4.78, 5) is 4.37. The first-order valence-corrected chi connectivity index (χ1v) is 6.05. The molecule has 84 valence electrons. The van der Waals surface area contributed by atoms with E-state index in [4.69, 9.17) is 0 Å². The van der Waals surface area contributed by atoms with E-state index in [2.05, 4.69) is 39.9 Å². The predicted molar refractivity (Wildman–Crippen MR) is 67.9 cm³/mol. The van der Waals surface area contributed by atoms with Crippen molar-refractivity contribution >= 4 is 15.9 Å². The van der Waals surface area contributed by atoms with Crippen molar-refractivity contribution in [3.63, 3.8) is 0 Å². The number of halogens is 1. The average Bonchev–Trinajstić information content (AvgIpc) is 2.66. The summed E-state index contributed by atoms with van der Waals surface area (Å²) in [6.07, 6.45) is 3.75. The van der Waals surface area contributed by atoms with Gasteiger partial charge in [0.25, 0.3) is 0 Å². The molecule has 0 bridgehead atoms. The lowest BCUT2D eigenvalue weighted by molar-refractivity contribution is 0.754. The minimum Gasteiger partial charge on any atom is -0.236 e. The Labute approximate surface area is 104 Å². The highest BCUT2D eigenvalue weighted by atomic mass is 79.9. The minimum atomic E-state index is 0.442. The molecular weight excluding hydrogens is 266 g/mol. The monoisotopic (exact) mass is 279 g/mol. The molecule has 4 heteroatoms. The van der Waals surface area contributed by atoms with Crippen molar-refractivity contribution in [1.29, 1.82) is 0 Å². The highest BCUT2D eigenvalue weighted by molar-refractivity contribution is 9.10. The molecule has 0 radical (unpaired) electrons. The second kappa shape index (κ2) is 4.37. The molecule has 0 unspecified atom stereocenters. The first-order valence-electron chi connectivity index (χ1n) is 5.26.